The molecule has 0 heterocycles. The van der Waals surface area contributed by atoms with Gasteiger partial charge in [-0.05, 0) is 0 Å². The fourth-order valence-corrected chi connectivity index (χ4v) is 0.161. The fourth-order valence-electron chi connectivity index (χ4n) is 0.161. The van der Waals surface area contributed by atoms with E-state index in [1.807, 2.05) is 0 Å². The molecular formula is C4H6O4. The van der Waals surface area contributed by atoms with Crippen molar-refractivity contribution in [1.82, 2.24) is 0 Å². The monoisotopic (exact) mass is 118 g/mol. The molecule has 0 aliphatic carbocycles. The van der Waals surface area contributed by atoms with E-state index >= 15 is 0 Å². The van der Waals surface area contributed by atoms with Crippen LogP contribution in [0.4, 0.5) is 4.79 Å². The maximum atomic E-state index is 9.97. The molecule has 0 fully saturated rings. The fraction of sp³-hybridized carbons (Fsp3) is 0.500. The zero-order valence-electron chi connectivity index (χ0n) is 4.42. The Bertz CT molecular complexity index is 88.0. The van der Waals surface area contributed by atoms with Crippen molar-refractivity contribution in [2.24, 2.45) is 0 Å². The minimum atomic E-state index is -0.836. The van der Waals surface area contributed by atoms with Gasteiger partial charge in [0, 0.05) is 0 Å². The van der Waals surface area contributed by atoms with Crippen LogP contribution in [0.15, 0.2) is 0 Å². The average molecular weight is 118 g/mol. The van der Waals surface area contributed by atoms with E-state index in [2.05, 4.69) is 9.47 Å². The first-order valence-corrected chi connectivity index (χ1v) is 1.95. The molecule has 0 aromatic heterocycles. The van der Waals surface area contributed by atoms with Crippen LogP contribution in [0.2, 0.25) is 0 Å². The molecule has 0 aliphatic rings. The number of aldehydes is 1. The van der Waals surface area contributed by atoms with Crippen LogP contribution in [0.5, 0.6) is 0 Å². The zero-order chi connectivity index (χ0) is 6.41. The highest BCUT2D eigenvalue weighted by atomic mass is 16.7. The molecule has 0 saturated carbocycles. The Kier molecular flexibility index (Phi) is 3.56. The molecule has 0 N–H and O–H groups in total. The molecule has 0 aliphatic heterocycles. The summed E-state index contributed by atoms with van der Waals surface area (Å²) in [5, 5.41) is 0. The van der Waals surface area contributed by atoms with Crippen LogP contribution in [0.1, 0.15) is 0 Å². The summed E-state index contributed by atoms with van der Waals surface area (Å²) in [6, 6.07) is 0. The number of rotatable bonds is 2. The van der Waals surface area contributed by atoms with Crippen molar-refractivity contribution in [2.75, 3.05) is 13.7 Å². The Hall–Kier alpha value is -1.06. The van der Waals surface area contributed by atoms with Crippen LogP contribution >= 0.6 is 0 Å². The molecule has 0 spiro atoms. The van der Waals surface area contributed by atoms with Gasteiger partial charge in [-0.1, -0.05) is 0 Å². The first-order valence-electron chi connectivity index (χ1n) is 1.95. The quantitative estimate of drug-likeness (QED) is 0.377. The highest BCUT2D eigenvalue weighted by molar-refractivity contribution is 5.63. The lowest BCUT2D eigenvalue weighted by Crippen LogP contribution is -2.05. The Morgan fingerprint density at radius 2 is 2.38 bits per heavy atom. The lowest BCUT2D eigenvalue weighted by molar-refractivity contribution is -0.111. The van der Waals surface area contributed by atoms with E-state index in [1.165, 1.54) is 7.11 Å². The number of carbonyl (C=O) groups is 2. The van der Waals surface area contributed by atoms with Crippen molar-refractivity contribution >= 4 is 12.4 Å². The van der Waals surface area contributed by atoms with Crippen LogP contribution < -0.4 is 0 Å². The van der Waals surface area contributed by atoms with Crippen LogP contribution in [-0.2, 0) is 14.3 Å². The van der Waals surface area contributed by atoms with Crippen molar-refractivity contribution in [3.05, 3.63) is 0 Å². The molecule has 0 unspecified atom stereocenters. The van der Waals surface area contributed by atoms with Gasteiger partial charge in [-0.25, -0.2) is 4.79 Å². The Morgan fingerprint density at radius 1 is 1.75 bits per heavy atom. The highest BCUT2D eigenvalue weighted by Gasteiger charge is 1.95. The average Bonchev–Trinajstić information content (AvgIpc) is 1.83. The largest absolute Gasteiger partial charge is 0.508 e. The summed E-state index contributed by atoms with van der Waals surface area (Å²) < 4.78 is 8.14. The molecule has 0 radical (unpaired) electrons. The van der Waals surface area contributed by atoms with Crippen molar-refractivity contribution in [1.29, 1.82) is 0 Å². The van der Waals surface area contributed by atoms with E-state index in [0.29, 0.717) is 6.29 Å². The summed E-state index contributed by atoms with van der Waals surface area (Å²) in [6.07, 6.45) is -0.367. The number of hydrogen-bond donors (Lipinski definition) is 0. The van der Waals surface area contributed by atoms with E-state index in [4.69, 9.17) is 0 Å². The van der Waals surface area contributed by atoms with E-state index in [1.54, 1.807) is 0 Å². The highest BCUT2D eigenvalue weighted by Crippen LogP contribution is 1.77. The minimum Gasteiger partial charge on any atom is -0.438 e. The predicted octanol–water partition coefficient (Wildman–Crippen LogP) is -0.0317. The predicted molar refractivity (Wildman–Crippen MR) is 24.4 cm³/mol. The van der Waals surface area contributed by atoms with Crippen LogP contribution in [0, 0.1) is 0 Å². The zero-order valence-corrected chi connectivity index (χ0v) is 4.42. The molecular weight excluding hydrogens is 112 g/mol. The molecule has 0 rings (SSSR count). The summed E-state index contributed by atoms with van der Waals surface area (Å²) in [4.78, 5) is 19.5. The van der Waals surface area contributed by atoms with Crippen LogP contribution in [0.3, 0.4) is 0 Å². The summed E-state index contributed by atoms with van der Waals surface area (Å²) in [6.45, 7) is -0.243. The van der Waals surface area contributed by atoms with Gasteiger partial charge in [-0.3, -0.25) is 4.79 Å². The lowest BCUT2D eigenvalue weighted by Gasteiger charge is -1.94. The molecule has 0 atom stereocenters. The van der Waals surface area contributed by atoms with Gasteiger partial charge in [0.05, 0.1) is 7.11 Å². The number of methoxy groups -OCH3 is 1. The summed E-state index contributed by atoms with van der Waals surface area (Å²) >= 11 is 0. The Morgan fingerprint density at radius 3 is 2.75 bits per heavy atom. The molecule has 46 valence electrons. The maximum absolute atomic E-state index is 9.97. The minimum absolute atomic E-state index is 0.243. The molecule has 0 aromatic carbocycles. The smallest absolute Gasteiger partial charge is 0.438 e. The first-order chi connectivity index (χ1) is 3.81. The van der Waals surface area contributed by atoms with Gasteiger partial charge in [0.2, 0.25) is 0 Å². The van der Waals surface area contributed by atoms with Crippen molar-refractivity contribution in [3.63, 3.8) is 0 Å². The van der Waals surface area contributed by atoms with Gasteiger partial charge >= 0.3 is 6.16 Å². The molecule has 0 saturated heterocycles. The van der Waals surface area contributed by atoms with Gasteiger partial charge in [0.25, 0.3) is 0 Å². The summed E-state index contributed by atoms with van der Waals surface area (Å²) in [7, 11) is 1.17. The Balaban J connectivity index is 3.11. The summed E-state index contributed by atoms with van der Waals surface area (Å²) in [5.74, 6) is 0. The normalized spacial score (nSPS) is 7.62. The van der Waals surface area contributed by atoms with Crippen LogP contribution in [-0.4, -0.2) is 26.2 Å². The molecule has 0 aromatic rings. The number of carbonyl (C=O) groups excluding carboxylic acids is 2. The topological polar surface area (TPSA) is 52.6 Å². The molecule has 4 nitrogen and oxygen atoms in total. The van der Waals surface area contributed by atoms with Crippen molar-refractivity contribution in [3.8, 4) is 0 Å². The van der Waals surface area contributed by atoms with Gasteiger partial charge in [0.15, 0.2) is 12.9 Å². The second-order valence-corrected chi connectivity index (χ2v) is 0.932. The van der Waals surface area contributed by atoms with E-state index in [0.717, 1.165) is 0 Å². The van der Waals surface area contributed by atoms with Crippen LogP contribution in [0.25, 0.3) is 0 Å². The molecule has 8 heavy (non-hydrogen) atoms. The SMILES string of the molecule is COC(=O)OCC=O. The van der Waals surface area contributed by atoms with E-state index < -0.39 is 6.16 Å². The van der Waals surface area contributed by atoms with Gasteiger partial charge in [-0.2, -0.15) is 0 Å². The second-order valence-electron chi connectivity index (χ2n) is 0.932. The maximum Gasteiger partial charge on any atom is 0.508 e. The second kappa shape index (κ2) is 4.11. The third kappa shape index (κ3) is 3.14. The molecule has 0 bridgehead atoms. The lowest BCUT2D eigenvalue weighted by atomic mass is 10.8. The van der Waals surface area contributed by atoms with Gasteiger partial charge in [0.1, 0.15) is 0 Å². The third-order valence-electron chi connectivity index (χ3n) is 0.436. The Labute approximate surface area is 46.4 Å². The summed E-state index contributed by atoms with van der Waals surface area (Å²) in [5.41, 5.74) is 0. The first kappa shape index (κ1) is 6.94. The molecule has 4 heteroatoms. The van der Waals surface area contributed by atoms with Gasteiger partial charge < -0.3 is 9.47 Å². The third-order valence-corrected chi connectivity index (χ3v) is 0.436. The van der Waals surface area contributed by atoms with E-state index in [-0.39, 0.29) is 6.61 Å². The number of ether oxygens (including phenoxy) is 2. The van der Waals surface area contributed by atoms with Crippen molar-refractivity contribution < 1.29 is 19.1 Å². The standard InChI is InChI=1S/C4H6O4/c1-7-4(6)8-3-2-5/h2H,3H2,1H3. The van der Waals surface area contributed by atoms with Gasteiger partial charge in [-0.15, -0.1) is 0 Å². The van der Waals surface area contributed by atoms with E-state index in [9.17, 15) is 9.59 Å². The number of hydrogen-bond acceptors (Lipinski definition) is 4. The van der Waals surface area contributed by atoms with Crippen molar-refractivity contribution in [2.45, 2.75) is 0 Å². The molecule has 0 amide bonds.